The van der Waals surface area contributed by atoms with Gasteiger partial charge in [0.1, 0.15) is 23.2 Å². The number of likely N-dealkylation sites (tertiary alicyclic amines) is 1. The van der Waals surface area contributed by atoms with Gasteiger partial charge in [0, 0.05) is 27.2 Å². The van der Waals surface area contributed by atoms with Crippen molar-refractivity contribution in [3.8, 4) is 17.2 Å². The Morgan fingerprint density at radius 2 is 1.72 bits per heavy atom. The number of urea groups is 1. The minimum Gasteiger partial charge on any atom is -0.457 e. The van der Waals surface area contributed by atoms with Gasteiger partial charge in [-0.2, -0.15) is 5.10 Å². The molecule has 0 radical (unpaired) electrons. The first kappa shape index (κ1) is 23.6. The maximum atomic E-state index is 13.2. The fraction of sp³-hybridized carbons (Fsp3) is 0.308. The summed E-state index contributed by atoms with van der Waals surface area (Å²) in [7, 11) is 3.41. The van der Waals surface area contributed by atoms with Crippen molar-refractivity contribution in [1.82, 2.24) is 29.1 Å². The van der Waals surface area contributed by atoms with Gasteiger partial charge >= 0.3 is 6.03 Å². The number of aliphatic hydroxyl groups is 1. The fourth-order valence-electron chi connectivity index (χ4n) is 4.40. The molecule has 0 saturated carbocycles. The normalized spacial score (nSPS) is 15.1. The van der Waals surface area contributed by atoms with Crippen LogP contribution in [0.15, 0.2) is 71.9 Å². The Balaban J connectivity index is 1.32. The van der Waals surface area contributed by atoms with E-state index in [-0.39, 0.29) is 18.1 Å². The maximum Gasteiger partial charge on any atom is 0.319 e. The zero-order chi connectivity index (χ0) is 25.3. The molecular formula is C26H28N6O4. The SMILES string of the molecule is CN(C)C(=O)N1CCC(O)(Cn2cnc3c(cnn3-c3ccc(Oc4ccccc4)cc3)c2=O)CC1. The molecule has 0 unspecified atom stereocenters. The van der Waals surface area contributed by atoms with Crippen molar-refractivity contribution in [2.24, 2.45) is 0 Å². The molecule has 4 aromatic rings. The molecule has 36 heavy (non-hydrogen) atoms. The smallest absolute Gasteiger partial charge is 0.319 e. The topological polar surface area (TPSA) is 106 Å². The summed E-state index contributed by atoms with van der Waals surface area (Å²) in [5.74, 6) is 1.43. The largest absolute Gasteiger partial charge is 0.457 e. The maximum absolute atomic E-state index is 13.2. The summed E-state index contributed by atoms with van der Waals surface area (Å²) in [6.45, 7) is 0.967. The van der Waals surface area contributed by atoms with Gasteiger partial charge in [-0.1, -0.05) is 18.2 Å². The van der Waals surface area contributed by atoms with Gasteiger partial charge in [-0.3, -0.25) is 9.36 Å². The highest BCUT2D eigenvalue weighted by Gasteiger charge is 2.35. The van der Waals surface area contributed by atoms with Crippen LogP contribution in [-0.2, 0) is 6.54 Å². The van der Waals surface area contributed by atoms with Gasteiger partial charge in [-0.05, 0) is 49.2 Å². The summed E-state index contributed by atoms with van der Waals surface area (Å²) in [6.07, 6.45) is 3.71. The van der Waals surface area contributed by atoms with Gasteiger partial charge in [0.2, 0.25) is 0 Å². The first-order valence-electron chi connectivity index (χ1n) is 11.8. The van der Waals surface area contributed by atoms with Crippen LogP contribution in [0, 0.1) is 0 Å². The molecule has 1 saturated heterocycles. The molecule has 1 aliphatic rings. The minimum absolute atomic E-state index is 0.0793. The lowest BCUT2D eigenvalue weighted by molar-refractivity contribution is -0.0282. The number of aromatic nitrogens is 4. The number of rotatable bonds is 5. The highest BCUT2D eigenvalue weighted by molar-refractivity contribution is 5.75. The van der Waals surface area contributed by atoms with Crippen LogP contribution in [-0.4, -0.2) is 73.1 Å². The van der Waals surface area contributed by atoms with Crippen LogP contribution in [0.3, 0.4) is 0 Å². The van der Waals surface area contributed by atoms with Crippen molar-refractivity contribution in [3.63, 3.8) is 0 Å². The number of carbonyl (C=O) groups is 1. The monoisotopic (exact) mass is 488 g/mol. The van der Waals surface area contributed by atoms with Gasteiger partial charge < -0.3 is 19.6 Å². The van der Waals surface area contributed by atoms with E-state index in [0.29, 0.717) is 42.7 Å². The van der Waals surface area contributed by atoms with Crippen molar-refractivity contribution >= 4 is 17.1 Å². The number of hydrogen-bond donors (Lipinski definition) is 1. The third-order valence-electron chi connectivity index (χ3n) is 6.43. The van der Waals surface area contributed by atoms with Gasteiger partial charge in [0.15, 0.2) is 5.65 Å². The fourth-order valence-corrected chi connectivity index (χ4v) is 4.40. The van der Waals surface area contributed by atoms with Gasteiger partial charge in [-0.25, -0.2) is 14.5 Å². The van der Waals surface area contributed by atoms with Crippen molar-refractivity contribution in [2.45, 2.75) is 25.0 Å². The number of para-hydroxylation sites is 1. The van der Waals surface area contributed by atoms with Crippen LogP contribution in [0.5, 0.6) is 11.5 Å². The number of nitrogens with zero attached hydrogens (tertiary/aromatic N) is 6. The molecule has 0 bridgehead atoms. The van der Waals surface area contributed by atoms with E-state index in [0.717, 1.165) is 11.4 Å². The van der Waals surface area contributed by atoms with E-state index >= 15 is 0 Å². The summed E-state index contributed by atoms with van der Waals surface area (Å²) in [4.78, 5) is 33.1. The first-order valence-corrected chi connectivity index (χ1v) is 11.8. The average Bonchev–Trinajstić information content (AvgIpc) is 3.32. The quantitative estimate of drug-likeness (QED) is 0.463. The number of ether oxygens (including phenoxy) is 1. The molecule has 10 nitrogen and oxygen atoms in total. The molecule has 2 aromatic heterocycles. The molecule has 2 amide bonds. The van der Waals surface area contributed by atoms with E-state index in [9.17, 15) is 14.7 Å². The summed E-state index contributed by atoms with van der Waals surface area (Å²) < 4.78 is 8.87. The number of carbonyl (C=O) groups excluding carboxylic acids is 1. The molecule has 3 heterocycles. The molecule has 186 valence electrons. The second-order valence-electron chi connectivity index (χ2n) is 9.27. The van der Waals surface area contributed by atoms with Crippen molar-refractivity contribution in [3.05, 3.63) is 77.5 Å². The highest BCUT2D eigenvalue weighted by atomic mass is 16.5. The Morgan fingerprint density at radius 1 is 1.06 bits per heavy atom. The van der Waals surface area contributed by atoms with E-state index in [1.807, 2.05) is 54.6 Å². The Morgan fingerprint density at radius 3 is 2.39 bits per heavy atom. The third kappa shape index (κ3) is 4.67. The van der Waals surface area contributed by atoms with E-state index in [2.05, 4.69) is 10.1 Å². The Hall–Kier alpha value is -4.18. The van der Waals surface area contributed by atoms with Crippen LogP contribution >= 0.6 is 0 Å². The lowest BCUT2D eigenvalue weighted by Gasteiger charge is -2.39. The standard InChI is InChI=1S/C26H28N6O4/c1-29(2)25(34)30-14-12-26(35,13-15-30)17-31-18-27-23-22(24(31)33)16-28-32(23)19-8-10-21(11-9-19)36-20-6-4-3-5-7-20/h3-11,16,18,35H,12-15,17H2,1-2H3. The molecule has 0 spiro atoms. The summed E-state index contributed by atoms with van der Waals surface area (Å²) in [6, 6.07) is 16.8. The molecule has 2 aromatic carbocycles. The Bertz CT molecular complexity index is 1420. The zero-order valence-corrected chi connectivity index (χ0v) is 20.2. The predicted molar refractivity (Wildman–Crippen MR) is 134 cm³/mol. The first-order chi connectivity index (χ1) is 17.3. The second-order valence-corrected chi connectivity index (χ2v) is 9.27. The summed E-state index contributed by atoms with van der Waals surface area (Å²) >= 11 is 0. The van der Waals surface area contributed by atoms with E-state index in [1.165, 1.54) is 22.0 Å². The van der Waals surface area contributed by atoms with Gasteiger partial charge in [-0.15, -0.1) is 0 Å². The van der Waals surface area contributed by atoms with Crippen LogP contribution in [0.4, 0.5) is 4.79 Å². The summed E-state index contributed by atoms with van der Waals surface area (Å²) in [5, 5.41) is 15.8. The van der Waals surface area contributed by atoms with Crippen molar-refractivity contribution in [1.29, 1.82) is 0 Å². The molecule has 1 fully saturated rings. The Labute approximate surface area is 208 Å². The van der Waals surface area contributed by atoms with Crippen LogP contribution in [0.2, 0.25) is 0 Å². The van der Waals surface area contributed by atoms with E-state index in [4.69, 9.17) is 4.74 Å². The number of piperidine rings is 1. The molecular weight excluding hydrogens is 460 g/mol. The third-order valence-corrected chi connectivity index (χ3v) is 6.43. The number of amides is 2. The van der Waals surface area contributed by atoms with Crippen molar-refractivity contribution in [2.75, 3.05) is 27.2 Å². The highest BCUT2D eigenvalue weighted by Crippen LogP contribution is 2.25. The summed E-state index contributed by atoms with van der Waals surface area (Å²) in [5.41, 5.74) is -0.180. The van der Waals surface area contributed by atoms with E-state index < -0.39 is 5.60 Å². The van der Waals surface area contributed by atoms with Gasteiger partial charge in [0.25, 0.3) is 5.56 Å². The molecule has 1 N–H and O–H groups in total. The molecule has 1 aliphatic heterocycles. The lowest BCUT2D eigenvalue weighted by atomic mass is 9.91. The van der Waals surface area contributed by atoms with Crippen LogP contribution in [0.1, 0.15) is 12.8 Å². The molecule has 0 atom stereocenters. The number of benzene rings is 2. The molecule has 0 aliphatic carbocycles. The lowest BCUT2D eigenvalue weighted by Crippen LogP contribution is -2.51. The predicted octanol–water partition coefficient (Wildman–Crippen LogP) is 2.88. The Kier molecular flexibility index (Phi) is 6.19. The average molecular weight is 489 g/mol. The molecule has 10 heteroatoms. The van der Waals surface area contributed by atoms with E-state index in [1.54, 1.807) is 23.7 Å². The second kappa shape index (κ2) is 9.46. The van der Waals surface area contributed by atoms with Gasteiger partial charge in [0.05, 0.1) is 24.0 Å². The van der Waals surface area contributed by atoms with Crippen LogP contribution in [0.25, 0.3) is 16.7 Å². The molecule has 5 rings (SSSR count). The zero-order valence-electron chi connectivity index (χ0n) is 20.2. The van der Waals surface area contributed by atoms with Crippen molar-refractivity contribution < 1.29 is 14.6 Å². The minimum atomic E-state index is -1.09. The number of fused-ring (bicyclic) bond motifs is 1. The van der Waals surface area contributed by atoms with Crippen LogP contribution < -0.4 is 10.3 Å². The number of hydrogen-bond acceptors (Lipinski definition) is 6.